The van der Waals surface area contributed by atoms with Gasteiger partial charge in [0.1, 0.15) is 17.2 Å². The molecule has 4 heterocycles. The Balaban J connectivity index is 1.65. The molecule has 7 heteroatoms. The highest BCUT2D eigenvalue weighted by molar-refractivity contribution is 5.60. The molecular formula is C16H18N6O. The quantitative estimate of drug-likeness (QED) is 0.768. The van der Waals surface area contributed by atoms with Crippen LogP contribution in [0, 0.1) is 0 Å². The van der Waals surface area contributed by atoms with Gasteiger partial charge in [-0.05, 0) is 31.0 Å². The standard InChI is InChI=1S/C16H18N6O/c17-11-1-2-15-19-9-13(22(15)10-11)16-18-6-3-14(21-16)20-12-4-7-23-8-5-12/h1-3,6,9-10,12H,4-5,7-8,17H2,(H,18,20,21). The molecule has 0 aliphatic carbocycles. The van der Waals surface area contributed by atoms with E-state index in [1.807, 2.05) is 28.8 Å². The third kappa shape index (κ3) is 2.83. The number of anilines is 2. The zero-order chi connectivity index (χ0) is 15.6. The van der Waals surface area contributed by atoms with Gasteiger partial charge >= 0.3 is 0 Å². The van der Waals surface area contributed by atoms with Crippen molar-refractivity contribution in [3.8, 4) is 11.5 Å². The van der Waals surface area contributed by atoms with Crippen molar-refractivity contribution in [3.63, 3.8) is 0 Å². The number of rotatable bonds is 3. The second-order valence-electron chi connectivity index (χ2n) is 5.63. The van der Waals surface area contributed by atoms with Gasteiger partial charge in [0, 0.05) is 37.3 Å². The van der Waals surface area contributed by atoms with Gasteiger partial charge in [-0.15, -0.1) is 0 Å². The molecule has 0 unspecified atom stereocenters. The SMILES string of the molecule is Nc1ccc2ncc(-c3nccc(NC4CCOCC4)n3)n2c1. The molecule has 7 nitrogen and oxygen atoms in total. The van der Waals surface area contributed by atoms with Crippen molar-refractivity contribution in [2.24, 2.45) is 0 Å². The van der Waals surface area contributed by atoms with E-state index in [9.17, 15) is 0 Å². The number of hydrogen-bond acceptors (Lipinski definition) is 6. The number of imidazole rings is 1. The molecule has 1 aliphatic heterocycles. The molecule has 1 aliphatic rings. The minimum absolute atomic E-state index is 0.393. The van der Waals surface area contributed by atoms with Crippen LogP contribution in [0.25, 0.3) is 17.2 Å². The maximum absolute atomic E-state index is 5.87. The zero-order valence-corrected chi connectivity index (χ0v) is 12.6. The Morgan fingerprint density at radius 1 is 1.17 bits per heavy atom. The fourth-order valence-corrected chi connectivity index (χ4v) is 2.78. The maximum atomic E-state index is 5.87. The van der Waals surface area contributed by atoms with Crippen molar-refractivity contribution in [2.75, 3.05) is 24.3 Å². The summed E-state index contributed by atoms with van der Waals surface area (Å²) < 4.78 is 7.29. The molecule has 0 spiro atoms. The minimum atomic E-state index is 0.393. The number of pyridine rings is 1. The van der Waals surface area contributed by atoms with Crippen LogP contribution in [0.4, 0.5) is 11.5 Å². The Hall–Kier alpha value is -2.67. The van der Waals surface area contributed by atoms with Crippen molar-refractivity contribution < 1.29 is 4.74 Å². The van der Waals surface area contributed by atoms with E-state index in [1.54, 1.807) is 12.4 Å². The molecule has 0 bridgehead atoms. The van der Waals surface area contributed by atoms with Gasteiger partial charge in [0.05, 0.1) is 6.20 Å². The van der Waals surface area contributed by atoms with Gasteiger partial charge in [0.15, 0.2) is 5.82 Å². The van der Waals surface area contributed by atoms with E-state index in [-0.39, 0.29) is 0 Å². The fraction of sp³-hybridized carbons (Fsp3) is 0.312. The number of hydrogen-bond donors (Lipinski definition) is 2. The number of nitrogens with zero attached hydrogens (tertiary/aromatic N) is 4. The van der Waals surface area contributed by atoms with Gasteiger partial charge in [-0.2, -0.15) is 0 Å². The molecular weight excluding hydrogens is 292 g/mol. The summed E-state index contributed by atoms with van der Waals surface area (Å²) in [4.78, 5) is 13.4. The molecule has 1 saturated heterocycles. The predicted molar refractivity (Wildman–Crippen MR) is 88.1 cm³/mol. The van der Waals surface area contributed by atoms with Crippen molar-refractivity contribution >= 4 is 17.2 Å². The van der Waals surface area contributed by atoms with Crippen LogP contribution in [0.5, 0.6) is 0 Å². The number of aromatic nitrogens is 4. The smallest absolute Gasteiger partial charge is 0.180 e. The number of fused-ring (bicyclic) bond motifs is 1. The Morgan fingerprint density at radius 3 is 2.91 bits per heavy atom. The Morgan fingerprint density at radius 2 is 2.04 bits per heavy atom. The second kappa shape index (κ2) is 5.85. The van der Waals surface area contributed by atoms with Crippen LogP contribution in [-0.4, -0.2) is 38.6 Å². The third-order valence-electron chi connectivity index (χ3n) is 3.99. The maximum Gasteiger partial charge on any atom is 0.180 e. The molecule has 4 rings (SSSR count). The molecule has 3 N–H and O–H groups in total. The van der Waals surface area contributed by atoms with E-state index < -0.39 is 0 Å². The molecule has 0 saturated carbocycles. The van der Waals surface area contributed by atoms with Crippen LogP contribution in [-0.2, 0) is 4.74 Å². The molecule has 23 heavy (non-hydrogen) atoms. The molecule has 3 aromatic rings. The molecule has 118 valence electrons. The summed E-state index contributed by atoms with van der Waals surface area (Å²) in [6.45, 7) is 1.59. The molecule has 3 aromatic heterocycles. The fourth-order valence-electron chi connectivity index (χ4n) is 2.78. The van der Waals surface area contributed by atoms with Crippen molar-refractivity contribution in [1.29, 1.82) is 0 Å². The van der Waals surface area contributed by atoms with Crippen LogP contribution in [0.3, 0.4) is 0 Å². The highest BCUT2D eigenvalue weighted by Gasteiger charge is 2.15. The Labute approximate surface area is 133 Å². The summed E-state index contributed by atoms with van der Waals surface area (Å²) in [6.07, 6.45) is 7.34. The summed E-state index contributed by atoms with van der Waals surface area (Å²) in [5.74, 6) is 1.45. The Bertz CT molecular complexity index is 824. The lowest BCUT2D eigenvalue weighted by Crippen LogP contribution is -2.28. The van der Waals surface area contributed by atoms with Crippen molar-refractivity contribution in [2.45, 2.75) is 18.9 Å². The lowest BCUT2D eigenvalue weighted by molar-refractivity contribution is 0.0904. The predicted octanol–water partition coefficient (Wildman–Crippen LogP) is 1.96. The Kier molecular flexibility index (Phi) is 3.55. The number of nitrogens with one attached hydrogen (secondary N) is 1. The zero-order valence-electron chi connectivity index (χ0n) is 12.6. The van der Waals surface area contributed by atoms with Crippen LogP contribution in [0.2, 0.25) is 0 Å². The largest absolute Gasteiger partial charge is 0.398 e. The summed E-state index contributed by atoms with van der Waals surface area (Å²) in [5.41, 5.74) is 8.19. The molecule has 0 radical (unpaired) electrons. The van der Waals surface area contributed by atoms with Crippen LogP contribution < -0.4 is 11.1 Å². The van der Waals surface area contributed by atoms with Crippen LogP contribution >= 0.6 is 0 Å². The number of nitrogen functional groups attached to an aromatic ring is 1. The average molecular weight is 310 g/mol. The molecule has 1 fully saturated rings. The normalized spacial score (nSPS) is 15.8. The lowest BCUT2D eigenvalue weighted by Gasteiger charge is -2.23. The highest BCUT2D eigenvalue weighted by atomic mass is 16.5. The molecule has 0 atom stereocenters. The van der Waals surface area contributed by atoms with Crippen LogP contribution in [0.15, 0.2) is 36.8 Å². The monoisotopic (exact) mass is 310 g/mol. The van der Waals surface area contributed by atoms with Gasteiger partial charge in [0.25, 0.3) is 0 Å². The molecule has 0 aromatic carbocycles. The summed E-state index contributed by atoms with van der Waals surface area (Å²) >= 11 is 0. The van der Waals surface area contributed by atoms with E-state index in [0.717, 1.165) is 43.2 Å². The number of ether oxygens (including phenoxy) is 1. The molecule has 0 amide bonds. The first-order valence-corrected chi connectivity index (χ1v) is 7.70. The second-order valence-corrected chi connectivity index (χ2v) is 5.63. The van der Waals surface area contributed by atoms with Gasteiger partial charge in [-0.25, -0.2) is 15.0 Å². The van der Waals surface area contributed by atoms with Gasteiger partial charge in [-0.1, -0.05) is 0 Å². The van der Waals surface area contributed by atoms with Gasteiger partial charge in [0.2, 0.25) is 0 Å². The summed E-state index contributed by atoms with van der Waals surface area (Å²) in [5, 5.41) is 3.46. The lowest BCUT2D eigenvalue weighted by atomic mass is 10.1. The van der Waals surface area contributed by atoms with Crippen molar-refractivity contribution in [1.82, 2.24) is 19.4 Å². The minimum Gasteiger partial charge on any atom is -0.398 e. The number of nitrogens with two attached hydrogens (primary N) is 1. The van der Waals surface area contributed by atoms with E-state index in [1.165, 1.54) is 0 Å². The van der Waals surface area contributed by atoms with Gasteiger partial charge in [-0.3, -0.25) is 4.40 Å². The average Bonchev–Trinajstić information content (AvgIpc) is 2.99. The first kappa shape index (κ1) is 14.0. The highest BCUT2D eigenvalue weighted by Crippen LogP contribution is 2.20. The topological polar surface area (TPSA) is 90.4 Å². The van der Waals surface area contributed by atoms with E-state index >= 15 is 0 Å². The van der Waals surface area contributed by atoms with E-state index in [4.69, 9.17) is 10.5 Å². The first-order chi connectivity index (χ1) is 11.3. The van der Waals surface area contributed by atoms with E-state index in [2.05, 4.69) is 20.3 Å². The van der Waals surface area contributed by atoms with E-state index in [0.29, 0.717) is 17.6 Å². The third-order valence-corrected chi connectivity index (χ3v) is 3.99. The summed E-state index contributed by atoms with van der Waals surface area (Å²) in [7, 11) is 0. The van der Waals surface area contributed by atoms with Crippen LogP contribution in [0.1, 0.15) is 12.8 Å². The van der Waals surface area contributed by atoms with Crippen molar-refractivity contribution in [3.05, 3.63) is 36.8 Å². The first-order valence-electron chi connectivity index (χ1n) is 7.70. The summed E-state index contributed by atoms with van der Waals surface area (Å²) in [6, 6.07) is 5.99. The van der Waals surface area contributed by atoms with Gasteiger partial charge < -0.3 is 15.8 Å².